The van der Waals surface area contributed by atoms with E-state index in [9.17, 15) is 9.59 Å². The molecular weight excluding hydrogens is 246 g/mol. The Bertz CT molecular complexity index is 399. The quantitative estimate of drug-likeness (QED) is 0.407. The van der Waals surface area contributed by atoms with Crippen molar-refractivity contribution in [3.63, 3.8) is 0 Å². The lowest BCUT2D eigenvalue weighted by atomic mass is 9.54. The topological polar surface area (TPSA) is 86.6 Å². The minimum Gasteiger partial charge on any atom is -0.477 e. The molecule has 0 aromatic heterocycles. The second-order valence-corrected chi connectivity index (χ2v) is 6.29. The fraction of sp³-hybridized carbons (Fsp3) is 0.714. The first-order valence-corrected chi connectivity index (χ1v) is 6.97. The third kappa shape index (κ3) is 2.22. The summed E-state index contributed by atoms with van der Waals surface area (Å²) >= 11 is 0. The number of hydrogen-bond acceptors (Lipinski definition) is 3. The van der Waals surface area contributed by atoms with E-state index in [2.05, 4.69) is 5.32 Å². The minimum atomic E-state index is -1.39. The molecule has 4 saturated carbocycles. The van der Waals surface area contributed by atoms with Crippen molar-refractivity contribution in [2.75, 3.05) is 0 Å². The molecule has 4 rings (SSSR count). The van der Waals surface area contributed by atoms with Gasteiger partial charge in [-0.05, 0) is 55.8 Å². The first-order valence-electron chi connectivity index (χ1n) is 6.97. The Balaban J connectivity index is 1.72. The van der Waals surface area contributed by atoms with Gasteiger partial charge in [0.15, 0.2) is 5.57 Å². The maximum absolute atomic E-state index is 10.8. The van der Waals surface area contributed by atoms with E-state index in [-0.39, 0.29) is 6.04 Å². The van der Waals surface area contributed by atoms with Gasteiger partial charge in [0.05, 0.1) is 0 Å². The lowest BCUT2D eigenvalue weighted by Crippen LogP contribution is -2.53. The molecule has 19 heavy (non-hydrogen) atoms. The Morgan fingerprint density at radius 1 is 0.895 bits per heavy atom. The third-order valence-corrected chi connectivity index (χ3v) is 5.11. The number of nitrogens with one attached hydrogen (secondary N) is 1. The molecule has 0 heterocycles. The van der Waals surface area contributed by atoms with Crippen LogP contribution in [0.15, 0.2) is 11.8 Å². The third-order valence-electron chi connectivity index (χ3n) is 5.11. The van der Waals surface area contributed by atoms with Gasteiger partial charge in [0, 0.05) is 12.2 Å². The molecule has 0 aromatic carbocycles. The molecule has 4 bridgehead atoms. The van der Waals surface area contributed by atoms with Gasteiger partial charge in [-0.25, -0.2) is 9.59 Å². The van der Waals surface area contributed by atoms with Gasteiger partial charge in [0.25, 0.3) is 0 Å². The van der Waals surface area contributed by atoms with Gasteiger partial charge in [-0.2, -0.15) is 0 Å². The summed E-state index contributed by atoms with van der Waals surface area (Å²) < 4.78 is 0. The first-order chi connectivity index (χ1) is 9.04. The summed E-state index contributed by atoms with van der Waals surface area (Å²) in [5, 5.41) is 20.8. The summed E-state index contributed by atoms with van der Waals surface area (Å²) in [6.45, 7) is 0. The molecule has 4 aliphatic carbocycles. The molecule has 5 heteroatoms. The van der Waals surface area contributed by atoms with Crippen molar-refractivity contribution in [1.82, 2.24) is 5.32 Å². The highest BCUT2D eigenvalue weighted by molar-refractivity contribution is 6.12. The Morgan fingerprint density at radius 2 is 1.37 bits per heavy atom. The predicted molar refractivity (Wildman–Crippen MR) is 67.3 cm³/mol. The second-order valence-electron chi connectivity index (χ2n) is 6.29. The highest BCUT2D eigenvalue weighted by Gasteiger charge is 2.47. The van der Waals surface area contributed by atoms with Crippen molar-refractivity contribution >= 4 is 11.9 Å². The first kappa shape index (κ1) is 12.5. The van der Waals surface area contributed by atoms with Gasteiger partial charge < -0.3 is 15.5 Å². The molecule has 104 valence electrons. The van der Waals surface area contributed by atoms with Crippen LogP contribution in [0.4, 0.5) is 0 Å². The van der Waals surface area contributed by atoms with Gasteiger partial charge in [-0.1, -0.05) is 0 Å². The highest BCUT2D eigenvalue weighted by atomic mass is 16.4. The summed E-state index contributed by atoms with van der Waals surface area (Å²) in [7, 11) is 0. The molecule has 0 atom stereocenters. The lowest BCUT2D eigenvalue weighted by molar-refractivity contribution is -0.140. The van der Waals surface area contributed by atoms with Gasteiger partial charge in [0.2, 0.25) is 0 Å². The second kappa shape index (κ2) is 4.54. The standard InChI is InChI=1S/C14H19NO4/c16-13(17)11(14(18)19)6-15-12-9-2-7-1-8(4-9)5-10(12)3-7/h6-10,12,15H,1-5H2,(H,16,17)(H,18,19). The van der Waals surface area contributed by atoms with E-state index in [0.29, 0.717) is 11.8 Å². The van der Waals surface area contributed by atoms with Crippen molar-refractivity contribution in [2.24, 2.45) is 23.7 Å². The fourth-order valence-electron chi connectivity index (χ4n) is 4.59. The Morgan fingerprint density at radius 3 is 1.79 bits per heavy atom. The molecule has 0 spiro atoms. The zero-order valence-corrected chi connectivity index (χ0v) is 10.7. The summed E-state index contributed by atoms with van der Waals surface area (Å²) in [5.74, 6) is 0.117. The summed E-state index contributed by atoms with van der Waals surface area (Å²) in [5.41, 5.74) is -0.575. The van der Waals surface area contributed by atoms with Gasteiger partial charge in [-0.3, -0.25) is 0 Å². The molecule has 0 amide bonds. The molecule has 5 nitrogen and oxygen atoms in total. The molecule has 0 aliphatic heterocycles. The fourth-order valence-corrected chi connectivity index (χ4v) is 4.59. The van der Waals surface area contributed by atoms with E-state index >= 15 is 0 Å². The van der Waals surface area contributed by atoms with Crippen LogP contribution in [-0.2, 0) is 9.59 Å². The van der Waals surface area contributed by atoms with Crippen LogP contribution >= 0.6 is 0 Å². The molecule has 3 N–H and O–H groups in total. The SMILES string of the molecule is O=C(O)C(=CNC1C2CC3CC(C2)CC1C3)C(=O)O. The molecule has 0 radical (unpaired) electrons. The summed E-state index contributed by atoms with van der Waals surface area (Å²) in [6, 6.07) is 0.265. The van der Waals surface area contributed by atoms with Crippen molar-refractivity contribution in [1.29, 1.82) is 0 Å². The van der Waals surface area contributed by atoms with E-state index in [0.717, 1.165) is 11.8 Å². The van der Waals surface area contributed by atoms with Crippen molar-refractivity contribution < 1.29 is 19.8 Å². The zero-order valence-electron chi connectivity index (χ0n) is 10.7. The smallest absolute Gasteiger partial charge is 0.344 e. The van der Waals surface area contributed by atoms with Gasteiger partial charge >= 0.3 is 11.9 Å². The molecule has 4 aliphatic rings. The molecular formula is C14H19NO4. The summed E-state index contributed by atoms with van der Waals surface area (Å²) in [6.07, 6.45) is 7.42. The largest absolute Gasteiger partial charge is 0.477 e. The van der Waals surface area contributed by atoms with E-state index in [4.69, 9.17) is 10.2 Å². The predicted octanol–water partition coefficient (Wildman–Crippen LogP) is 1.45. The number of carbonyl (C=O) groups is 2. The zero-order chi connectivity index (χ0) is 13.6. The highest BCUT2D eigenvalue weighted by Crippen LogP contribution is 2.53. The van der Waals surface area contributed by atoms with Crippen LogP contribution in [0.3, 0.4) is 0 Å². The molecule has 0 aromatic rings. The normalized spacial score (nSPS) is 38.8. The maximum atomic E-state index is 10.8. The Kier molecular flexibility index (Phi) is 2.99. The van der Waals surface area contributed by atoms with Gasteiger partial charge in [0.1, 0.15) is 0 Å². The molecule has 0 unspecified atom stereocenters. The lowest BCUT2D eigenvalue weighted by Gasteiger charge is -2.54. The Labute approximate surface area is 111 Å². The van der Waals surface area contributed by atoms with Crippen LogP contribution in [0.2, 0.25) is 0 Å². The van der Waals surface area contributed by atoms with E-state index in [1.807, 2.05) is 0 Å². The van der Waals surface area contributed by atoms with E-state index in [1.54, 1.807) is 0 Å². The van der Waals surface area contributed by atoms with Crippen LogP contribution in [0.25, 0.3) is 0 Å². The summed E-state index contributed by atoms with van der Waals surface area (Å²) in [4.78, 5) is 21.7. The van der Waals surface area contributed by atoms with Crippen molar-refractivity contribution in [3.8, 4) is 0 Å². The van der Waals surface area contributed by atoms with Crippen LogP contribution < -0.4 is 5.32 Å². The number of hydrogen-bond donors (Lipinski definition) is 3. The van der Waals surface area contributed by atoms with Crippen molar-refractivity contribution in [3.05, 3.63) is 11.8 Å². The maximum Gasteiger partial charge on any atom is 0.344 e. The minimum absolute atomic E-state index is 0.265. The van der Waals surface area contributed by atoms with Crippen LogP contribution in [-0.4, -0.2) is 28.2 Å². The van der Waals surface area contributed by atoms with E-state index < -0.39 is 17.5 Å². The average Bonchev–Trinajstić information content (AvgIpc) is 2.30. The molecule has 0 saturated heterocycles. The number of rotatable bonds is 4. The number of carboxylic acids is 2. The van der Waals surface area contributed by atoms with Gasteiger partial charge in [-0.15, -0.1) is 0 Å². The van der Waals surface area contributed by atoms with Crippen molar-refractivity contribution in [2.45, 2.75) is 38.1 Å². The average molecular weight is 265 g/mol. The Hall–Kier alpha value is -1.52. The monoisotopic (exact) mass is 265 g/mol. The van der Waals surface area contributed by atoms with Crippen LogP contribution in [0, 0.1) is 23.7 Å². The number of aliphatic carboxylic acids is 2. The molecule has 4 fully saturated rings. The number of carboxylic acid groups (broad SMARTS) is 2. The van der Waals surface area contributed by atoms with Crippen LogP contribution in [0.5, 0.6) is 0 Å². The van der Waals surface area contributed by atoms with E-state index in [1.165, 1.54) is 38.3 Å². The van der Waals surface area contributed by atoms with Crippen LogP contribution in [0.1, 0.15) is 32.1 Å².